The largest absolute Gasteiger partial charge is 0.496 e. The molecule has 3 aromatic rings. The number of methoxy groups -OCH3 is 2. The van der Waals surface area contributed by atoms with Crippen LogP contribution in [0.2, 0.25) is 0 Å². The van der Waals surface area contributed by atoms with E-state index in [4.69, 9.17) is 24.8 Å². The Morgan fingerprint density at radius 1 is 0.788 bits per heavy atom. The van der Waals surface area contributed by atoms with Crippen molar-refractivity contribution >= 4 is 11.7 Å². The molecule has 0 aliphatic carbocycles. The fourth-order valence-electron chi connectivity index (χ4n) is 3.39. The van der Waals surface area contributed by atoms with Gasteiger partial charge in [-0.3, -0.25) is 10.8 Å². The lowest BCUT2D eigenvalue weighted by Gasteiger charge is -2.13. The van der Waals surface area contributed by atoms with Crippen molar-refractivity contribution in [1.29, 1.82) is 10.8 Å². The summed E-state index contributed by atoms with van der Waals surface area (Å²) in [6, 6.07) is 13.1. The van der Waals surface area contributed by atoms with Crippen molar-refractivity contribution in [3.63, 3.8) is 0 Å². The van der Waals surface area contributed by atoms with E-state index in [0.29, 0.717) is 51.3 Å². The van der Waals surface area contributed by atoms with Gasteiger partial charge in [-0.2, -0.15) is 0 Å². The van der Waals surface area contributed by atoms with Crippen LogP contribution in [-0.4, -0.2) is 43.1 Å². The van der Waals surface area contributed by atoms with Gasteiger partial charge in [-0.05, 0) is 64.1 Å². The predicted molar refractivity (Wildman–Crippen MR) is 131 cm³/mol. The average molecular weight is 450 g/mol. The van der Waals surface area contributed by atoms with E-state index in [2.05, 4.69) is 15.8 Å². The van der Waals surface area contributed by atoms with Crippen LogP contribution in [0, 0.1) is 10.8 Å². The molecule has 0 unspecified atom stereocenters. The van der Waals surface area contributed by atoms with Gasteiger partial charge in [0.15, 0.2) is 5.76 Å². The second-order valence-corrected chi connectivity index (χ2v) is 8.25. The topological polar surface area (TPSA) is 116 Å². The average Bonchev–Trinajstić information content (AvgIpc) is 3.27. The van der Waals surface area contributed by atoms with Crippen molar-refractivity contribution in [2.24, 2.45) is 0 Å². The van der Waals surface area contributed by atoms with Crippen molar-refractivity contribution in [2.75, 3.05) is 14.2 Å². The highest BCUT2D eigenvalue weighted by Crippen LogP contribution is 2.36. The minimum atomic E-state index is 0.142. The first-order valence-corrected chi connectivity index (χ1v) is 10.8. The van der Waals surface area contributed by atoms with Crippen LogP contribution in [0.3, 0.4) is 0 Å². The summed E-state index contributed by atoms with van der Waals surface area (Å²) in [7, 11) is 3.18. The Kier molecular flexibility index (Phi) is 7.37. The van der Waals surface area contributed by atoms with E-state index in [1.807, 2.05) is 70.2 Å². The first-order chi connectivity index (χ1) is 15.7. The highest BCUT2D eigenvalue weighted by atomic mass is 16.5. The molecule has 8 heteroatoms. The van der Waals surface area contributed by atoms with Crippen LogP contribution in [0.4, 0.5) is 0 Å². The molecule has 1 heterocycles. The zero-order chi connectivity index (χ0) is 24.1. The molecule has 0 saturated heterocycles. The summed E-state index contributed by atoms with van der Waals surface area (Å²) in [5.41, 5.74) is 3.41. The molecule has 4 N–H and O–H groups in total. The number of benzene rings is 2. The standard InChI is InChI=1S/C25H31N5O3/c1-14(2)28-24(26)16-7-9-21(31-5)18(11-16)20-13-23(33-30-20)19-12-17(8-10-22(19)32-6)25(27)29-15(3)4/h7-15H,1-6H3,(H2,26,28)(H2,27,29). The van der Waals surface area contributed by atoms with Crippen molar-refractivity contribution in [1.82, 2.24) is 15.8 Å². The summed E-state index contributed by atoms with van der Waals surface area (Å²) < 4.78 is 16.7. The molecule has 8 nitrogen and oxygen atoms in total. The molecule has 0 amide bonds. The molecule has 0 aliphatic heterocycles. The lowest BCUT2D eigenvalue weighted by molar-refractivity contribution is 0.405. The molecule has 174 valence electrons. The first kappa shape index (κ1) is 23.8. The maximum atomic E-state index is 8.31. The zero-order valence-electron chi connectivity index (χ0n) is 19.9. The Labute approximate surface area is 194 Å². The van der Waals surface area contributed by atoms with Crippen LogP contribution in [0.25, 0.3) is 22.6 Å². The molecule has 3 rings (SSSR count). The van der Waals surface area contributed by atoms with Crippen molar-refractivity contribution in [2.45, 2.75) is 39.8 Å². The molecule has 1 aromatic heterocycles. The fourth-order valence-corrected chi connectivity index (χ4v) is 3.39. The van der Waals surface area contributed by atoms with E-state index in [9.17, 15) is 0 Å². The number of nitrogens with zero attached hydrogens (tertiary/aromatic N) is 1. The lowest BCUT2D eigenvalue weighted by Crippen LogP contribution is -2.30. The van der Waals surface area contributed by atoms with Crippen LogP contribution in [0.5, 0.6) is 11.5 Å². The molecular weight excluding hydrogens is 418 g/mol. The van der Waals surface area contributed by atoms with Gasteiger partial charge >= 0.3 is 0 Å². The molecule has 0 spiro atoms. The number of hydrogen-bond donors (Lipinski definition) is 4. The van der Waals surface area contributed by atoms with Gasteiger partial charge in [-0.1, -0.05) is 5.16 Å². The van der Waals surface area contributed by atoms with E-state index in [1.165, 1.54) is 0 Å². The molecule has 0 fully saturated rings. The minimum Gasteiger partial charge on any atom is -0.496 e. The van der Waals surface area contributed by atoms with Crippen LogP contribution in [0.15, 0.2) is 47.0 Å². The Balaban J connectivity index is 2.02. The van der Waals surface area contributed by atoms with Crippen molar-refractivity contribution in [3.8, 4) is 34.1 Å². The van der Waals surface area contributed by atoms with Crippen LogP contribution >= 0.6 is 0 Å². The van der Waals surface area contributed by atoms with E-state index < -0.39 is 0 Å². The van der Waals surface area contributed by atoms with E-state index in [1.54, 1.807) is 14.2 Å². The Hall–Kier alpha value is -3.81. The summed E-state index contributed by atoms with van der Waals surface area (Å²) in [6.45, 7) is 7.95. The number of hydrogen-bond acceptors (Lipinski definition) is 6. The summed E-state index contributed by atoms with van der Waals surface area (Å²) >= 11 is 0. The second kappa shape index (κ2) is 10.2. The molecule has 0 bridgehead atoms. The second-order valence-electron chi connectivity index (χ2n) is 8.25. The van der Waals surface area contributed by atoms with Crippen molar-refractivity contribution < 1.29 is 14.0 Å². The van der Waals surface area contributed by atoms with E-state index in [-0.39, 0.29) is 12.1 Å². The predicted octanol–water partition coefficient (Wildman–Crippen LogP) is 4.67. The number of rotatable bonds is 8. The van der Waals surface area contributed by atoms with Gasteiger partial charge in [0.2, 0.25) is 0 Å². The Morgan fingerprint density at radius 3 is 1.76 bits per heavy atom. The quantitative estimate of drug-likeness (QED) is 0.293. The van der Waals surface area contributed by atoms with Gasteiger partial charge in [0, 0.05) is 34.8 Å². The number of amidine groups is 2. The third kappa shape index (κ3) is 5.52. The molecular formula is C25H31N5O3. The summed E-state index contributed by atoms with van der Waals surface area (Å²) in [5.74, 6) is 2.38. The molecule has 0 radical (unpaired) electrons. The number of ether oxygens (including phenoxy) is 2. The molecule has 0 saturated carbocycles. The molecule has 0 aliphatic rings. The molecule has 33 heavy (non-hydrogen) atoms. The smallest absolute Gasteiger partial charge is 0.171 e. The van der Waals surface area contributed by atoms with Crippen LogP contribution < -0.4 is 20.1 Å². The normalized spacial score (nSPS) is 10.9. The van der Waals surface area contributed by atoms with Gasteiger partial charge in [0.05, 0.1) is 19.8 Å². The zero-order valence-corrected chi connectivity index (χ0v) is 19.9. The van der Waals surface area contributed by atoms with Crippen molar-refractivity contribution in [3.05, 3.63) is 53.6 Å². The van der Waals surface area contributed by atoms with Gasteiger partial charge in [-0.15, -0.1) is 0 Å². The molecule has 0 atom stereocenters. The Bertz CT molecular complexity index is 1060. The maximum absolute atomic E-state index is 8.31. The summed E-state index contributed by atoms with van der Waals surface area (Å²) in [4.78, 5) is 0. The minimum absolute atomic E-state index is 0.142. The van der Waals surface area contributed by atoms with Gasteiger partial charge in [-0.25, -0.2) is 0 Å². The molecule has 2 aromatic carbocycles. The maximum Gasteiger partial charge on any atom is 0.171 e. The number of aromatic nitrogens is 1. The third-order valence-corrected chi connectivity index (χ3v) is 4.89. The van der Waals surface area contributed by atoms with Gasteiger partial charge in [0.25, 0.3) is 0 Å². The van der Waals surface area contributed by atoms with Gasteiger partial charge in [0.1, 0.15) is 28.9 Å². The Morgan fingerprint density at radius 2 is 1.27 bits per heavy atom. The highest BCUT2D eigenvalue weighted by Gasteiger charge is 2.18. The summed E-state index contributed by atoms with van der Waals surface area (Å²) in [6.07, 6.45) is 0. The monoisotopic (exact) mass is 449 g/mol. The third-order valence-electron chi connectivity index (χ3n) is 4.89. The van der Waals surface area contributed by atoms with E-state index >= 15 is 0 Å². The van der Waals surface area contributed by atoms with Gasteiger partial charge < -0.3 is 24.6 Å². The van der Waals surface area contributed by atoms with Crippen LogP contribution in [0.1, 0.15) is 38.8 Å². The highest BCUT2D eigenvalue weighted by molar-refractivity contribution is 5.99. The van der Waals surface area contributed by atoms with E-state index in [0.717, 1.165) is 5.56 Å². The lowest BCUT2D eigenvalue weighted by atomic mass is 10.0. The first-order valence-electron chi connectivity index (χ1n) is 10.8. The SMILES string of the molecule is COc1ccc(C(=N)NC(C)C)cc1-c1cc(-c2cc(C(=N)NC(C)C)ccc2OC)on1. The summed E-state index contributed by atoms with van der Waals surface area (Å²) in [5, 5.41) is 27.1. The fraction of sp³-hybridized carbons (Fsp3) is 0.320. The number of nitrogens with one attached hydrogen (secondary N) is 4. The van der Waals surface area contributed by atoms with Crippen LogP contribution in [-0.2, 0) is 0 Å².